The van der Waals surface area contributed by atoms with Crippen molar-refractivity contribution in [2.24, 2.45) is 23.8 Å². The summed E-state index contributed by atoms with van der Waals surface area (Å²) in [5, 5.41) is 1.14. The summed E-state index contributed by atoms with van der Waals surface area (Å²) in [6.07, 6.45) is -1.16. The van der Waals surface area contributed by atoms with E-state index < -0.39 is 23.0 Å². The second-order valence-corrected chi connectivity index (χ2v) is 8.03. The van der Waals surface area contributed by atoms with E-state index in [2.05, 4.69) is 21.7 Å². The fraction of sp³-hybridized carbons (Fsp3) is 0.333. The summed E-state index contributed by atoms with van der Waals surface area (Å²) in [7, 11) is 1.52. The minimum absolute atomic E-state index is 0.0458. The first kappa shape index (κ1) is 22.5. The number of rotatable bonds is 7. The van der Waals surface area contributed by atoms with E-state index >= 15 is 0 Å². The number of nitrogens with one attached hydrogen (secondary N) is 1. The third kappa shape index (κ3) is 4.60. The lowest BCUT2D eigenvalue weighted by Gasteiger charge is -2.16. The van der Waals surface area contributed by atoms with Gasteiger partial charge in [0.2, 0.25) is 0 Å². The fourth-order valence-corrected chi connectivity index (χ4v) is 3.53. The summed E-state index contributed by atoms with van der Waals surface area (Å²) >= 11 is 0. The molecule has 0 saturated heterocycles. The second kappa shape index (κ2) is 8.35. The molecule has 0 unspecified atom stereocenters. The van der Waals surface area contributed by atoms with E-state index in [0.29, 0.717) is 18.0 Å². The summed E-state index contributed by atoms with van der Waals surface area (Å²) in [4.78, 5) is 36.5. The molecule has 4 rings (SSSR count). The lowest BCUT2D eigenvalue weighted by Crippen LogP contribution is -2.39. The zero-order valence-corrected chi connectivity index (χ0v) is 17.8. The molecule has 33 heavy (non-hydrogen) atoms. The van der Waals surface area contributed by atoms with E-state index in [4.69, 9.17) is 5.84 Å². The Kier molecular flexibility index (Phi) is 5.70. The number of aromatic nitrogens is 4. The number of fused-ring (bicyclic) bond motifs is 1. The van der Waals surface area contributed by atoms with E-state index in [0.717, 1.165) is 30.0 Å². The van der Waals surface area contributed by atoms with Crippen molar-refractivity contribution >= 4 is 23.6 Å². The Balaban J connectivity index is 1.65. The van der Waals surface area contributed by atoms with Crippen LogP contribution in [-0.4, -0.2) is 30.8 Å². The molecule has 0 atom stereocenters. The molecule has 1 aliphatic carbocycles. The zero-order valence-electron chi connectivity index (χ0n) is 17.8. The molecule has 1 aromatic carbocycles. The van der Waals surface area contributed by atoms with E-state index in [9.17, 15) is 22.8 Å². The Labute approximate surface area is 185 Å². The largest absolute Gasteiger partial charge is 0.416 e. The van der Waals surface area contributed by atoms with Gasteiger partial charge in [0, 0.05) is 19.8 Å². The third-order valence-corrected chi connectivity index (χ3v) is 5.44. The topological polar surface area (TPSA) is 114 Å². The number of H-pyrrole nitrogens is 1. The predicted molar refractivity (Wildman–Crippen MR) is 117 cm³/mol. The number of aryl methyl sites for hydroxylation is 1. The van der Waals surface area contributed by atoms with Gasteiger partial charge in [-0.25, -0.2) is 15.6 Å². The summed E-state index contributed by atoms with van der Waals surface area (Å²) < 4.78 is 41.3. The number of halogens is 3. The average molecular weight is 461 g/mol. The molecular formula is C21H22F3N7O2. The van der Waals surface area contributed by atoms with Crippen molar-refractivity contribution in [3.05, 3.63) is 68.3 Å². The van der Waals surface area contributed by atoms with Crippen LogP contribution in [0.3, 0.4) is 0 Å². The fourth-order valence-electron chi connectivity index (χ4n) is 3.53. The van der Waals surface area contributed by atoms with Crippen LogP contribution in [0.1, 0.15) is 29.8 Å². The molecule has 1 aliphatic rings. The van der Waals surface area contributed by atoms with Gasteiger partial charge in [-0.1, -0.05) is 12.1 Å². The number of nitrogens with two attached hydrogens (primary N) is 1. The minimum Gasteiger partial charge on any atom is -0.331 e. The molecule has 3 aromatic rings. The van der Waals surface area contributed by atoms with Gasteiger partial charge in [-0.05, 0) is 43.2 Å². The van der Waals surface area contributed by atoms with Crippen molar-refractivity contribution in [2.75, 3.05) is 0 Å². The van der Waals surface area contributed by atoms with Gasteiger partial charge < -0.3 is 9.99 Å². The van der Waals surface area contributed by atoms with Crippen molar-refractivity contribution in [1.29, 1.82) is 0 Å². The number of imidazole rings is 1. The van der Waals surface area contributed by atoms with E-state index in [1.807, 2.05) is 0 Å². The van der Waals surface area contributed by atoms with Gasteiger partial charge in [-0.15, -0.1) is 0 Å². The standard InChI is InChI=1S/C21H22F3N7O2/c1-26-15(11-30(25)9-13-4-3-5-14(8-13)21(22,23)24)17-27-16-18(28-17)29(2)20(33)31(19(16)32)10-12-6-7-12/h3-5,8,11-12H,1,6-7,9-10,25H2,2H3,(H,27,28)/b15-11-. The number of aromatic amines is 1. The molecule has 2 heterocycles. The van der Waals surface area contributed by atoms with Crippen LogP contribution in [0.2, 0.25) is 0 Å². The number of aliphatic imine (C=N–C) groups is 1. The number of hydrogen-bond donors (Lipinski definition) is 2. The molecule has 3 N–H and O–H groups in total. The number of benzene rings is 1. The second-order valence-electron chi connectivity index (χ2n) is 8.03. The zero-order chi connectivity index (χ0) is 23.9. The van der Waals surface area contributed by atoms with Crippen LogP contribution >= 0.6 is 0 Å². The summed E-state index contributed by atoms with van der Waals surface area (Å²) in [5.74, 6) is 6.44. The van der Waals surface area contributed by atoms with Gasteiger partial charge in [0.15, 0.2) is 11.5 Å². The SMILES string of the molecule is C=N/C(=C\N(N)Cc1cccc(C(F)(F)F)c1)c1nc2c([nH]1)c(=O)n(CC1CC1)c(=O)n2C. The first-order valence-corrected chi connectivity index (χ1v) is 10.1. The number of nitrogens with zero attached hydrogens (tertiary/aromatic N) is 5. The van der Waals surface area contributed by atoms with Gasteiger partial charge in [-0.2, -0.15) is 13.2 Å². The molecule has 0 aliphatic heterocycles. The van der Waals surface area contributed by atoms with Gasteiger partial charge in [0.25, 0.3) is 5.56 Å². The van der Waals surface area contributed by atoms with Gasteiger partial charge >= 0.3 is 11.9 Å². The molecule has 12 heteroatoms. The van der Waals surface area contributed by atoms with Crippen molar-refractivity contribution in [2.45, 2.75) is 32.1 Å². The van der Waals surface area contributed by atoms with Crippen molar-refractivity contribution in [3.63, 3.8) is 0 Å². The van der Waals surface area contributed by atoms with Crippen LogP contribution in [0, 0.1) is 5.92 Å². The highest BCUT2D eigenvalue weighted by Gasteiger charge is 2.30. The Morgan fingerprint density at radius 2 is 2.12 bits per heavy atom. The first-order valence-electron chi connectivity index (χ1n) is 10.1. The van der Waals surface area contributed by atoms with Gasteiger partial charge in [-0.3, -0.25) is 18.9 Å². The molecule has 0 spiro atoms. The molecule has 174 valence electrons. The van der Waals surface area contributed by atoms with E-state index in [1.165, 1.54) is 34.5 Å². The molecule has 2 aromatic heterocycles. The van der Waals surface area contributed by atoms with Crippen LogP contribution in [0.5, 0.6) is 0 Å². The normalized spacial score (nSPS) is 14.6. The lowest BCUT2D eigenvalue weighted by atomic mass is 10.1. The van der Waals surface area contributed by atoms with Crippen LogP contribution in [0.15, 0.2) is 45.0 Å². The Morgan fingerprint density at radius 1 is 1.39 bits per heavy atom. The van der Waals surface area contributed by atoms with Crippen molar-refractivity contribution in [1.82, 2.24) is 24.1 Å². The maximum Gasteiger partial charge on any atom is 0.416 e. The van der Waals surface area contributed by atoms with Crippen LogP contribution in [0.25, 0.3) is 16.9 Å². The molecule has 0 amide bonds. The van der Waals surface area contributed by atoms with Crippen molar-refractivity contribution in [3.8, 4) is 0 Å². The summed E-state index contributed by atoms with van der Waals surface area (Å²) in [6.45, 7) is 3.79. The first-order chi connectivity index (χ1) is 15.6. The molecule has 0 radical (unpaired) electrons. The highest BCUT2D eigenvalue weighted by Crippen LogP contribution is 2.30. The lowest BCUT2D eigenvalue weighted by molar-refractivity contribution is -0.137. The molecular weight excluding hydrogens is 439 g/mol. The Hall–Kier alpha value is -3.67. The molecule has 1 saturated carbocycles. The number of hydrazine groups is 1. The van der Waals surface area contributed by atoms with Crippen LogP contribution < -0.4 is 17.1 Å². The summed E-state index contributed by atoms with van der Waals surface area (Å²) in [6, 6.07) is 4.80. The minimum atomic E-state index is -4.46. The average Bonchev–Trinajstić information content (AvgIpc) is 3.48. The molecule has 9 nitrogen and oxygen atoms in total. The maximum absolute atomic E-state index is 12.9. The van der Waals surface area contributed by atoms with E-state index in [-0.39, 0.29) is 29.2 Å². The summed E-state index contributed by atoms with van der Waals surface area (Å²) in [5.41, 5.74) is -0.926. The number of hydrogen-bond acceptors (Lipinski definition) is 6. The highest BCUT2D eigenvalue weighted by atomic mass is 19.4. The number of alkyl halides is 3. The predicted octanol–water partition coefficient (Wildman–Crippen LogP) is 2.23. The van der Waals surface area contributed by atoms with Crippen LogP contribution in [-0.2, 0) is 26.3 Å². The van der Waals surface area contributed by atoms with Crippen LogP contribution in [0.4, 0.5) is 13.2 Å². The van der Waals surface area contributed by atoms with E-state index in [1.54, 1.807) is 0 Å². The maximum atomic E-state index is 12.9. The Morgan fingerprint density at radius 3 is 2.76 bits per heavy atom. The van der Waals surface area contributed by atoms with Gasteiger partial charge in [0.1, 0.15) is 11.2 Å². The Bertz CT molecular complexity index is 1360. The smallest absolute Gasteiger partial charge is 0.331 e. The monoisotopic (exact) mass is 461 g/mol. The molecule has 0 bridgehead atoms. The quantitative estimate of drug-likeness (QED) is 0.318. The highest BCUT2D eigenvalue weighted by molar-refractivity contribution is 5.75. The van der Waals surface area contributed by atoms with Gasteiger partial charge in [0.05, 0.1) is 12.1 Å². The van der Waals surface area contributed by atoms with Crippen molar-refractivity contribution < 1.29 is 13.2 Å². The molecule has 1 fully saturated rings. The third-order valence-electron chi connectivity index (χ3n) is 5.44.